The van der Waals surface area contributed by atoms with Crippen molar-refractivity contribution < 1.29 is 9.21 Å². The van der Waals surface area contributed by atoms with Crippen molar-refractivity contribution in [3.05, 3.63) is 40.4 Å². The van der Waals surface area contributed by atoms with Gasteiger partial charge in [-0.2, -0.15) is 0 Å². The summed E-state index contributed by atoms with van der Waals surface area (Å²) in [6, 6.07) is 3.68. The van der Waals surface area contributed by atoms with Gasteiger partial charge in [0, 0.05) is 16.2 Å². The first-order chi connectivity index (χ1) is 13.1. The maximum atomic E-state index is 12.3. The molecule has 5 nitrogen and oxygen atoms in total. The standard InChI is InChI=1S/C20H23N3O2S2/c1-12(2)18-22-19(26-11-16(24)21-10-13-6-5-9-25-13)17-14-7-3-4-8-15(14)27-20(17)23-18/h5-6,9,12H,3-4,7-8,10-11H2,1-2H3,(H,21,24). The lowest BCUT2D eigenvalue weighted by atomic mass is 9.97. The van der Waals surface area contributed by atoms with Gasteiger partial charge < -0.3 is 9.73 Å². The molecule has 3 heterocycles. The SMILES string of the molecule is CC(C)c1nc(SCC(=O)NCc2ccco2)c2c3c(sc2n1)CCCC3. The minimum absolute atomic E-state index is 0.0154. The summed E-state index contributed by atoms with van der Waals surface area (Å²) in [4.78, 5) is 24.5. The van der Waals surface area contributed by atoms with E-state index in [1.807, 2.05) is 23.5 Å². The van der Waals surface area contributed by atoms with E-state index in [1.165, 1.54) is 40.4 Å². The highest BCUT2D eigenvalue weighted by Crippen LogP contribution is 2.40. The number of furan rings is 1. The van der Waals surface area contributed by atoms with Gasteiger partial charge >= 0.3 is 0 Å². The summed E-state index contributed by atoms with van der Waals surface area (Å²) in [6.07, 6.45) is 6.32. The zero-order valence-corrected chi connectivity index (χ0v) is 17.2. The van der Waals surface area contributed by atoms with Gasteiger partial charge in [-0.1, -0.05) is 25.6 Å². The highest BCUT2D eigenvalue weighted by atomic mass is 32.2. The number of nitrogens with one attached hydrogen (secondary N) is 1. The molecule has 0 atom stereocenters. The molecule has 0 fully saturated rings. The quantitative estimate of drug-likeness (QED) is 0.479. The minimum atomic E-state index is -0.0154. The van der Waals surface area contributed by atoms with Crippen LogP contribution in [0.1, 0.15) is 54.6 Å². The number of fused-ring (bicyclic) bond motifs is 3. The Balaban J connectivity index is 1.55. The Morgan fingerprint density at radius 3 is 2.96 bits per heavy atom. The van der Waals surface area contributed by atoms with E-state index >= 15 is 0 Å². The molecule has 0 aromatic carbocycles. The fourth-order valence-electron chi connectivity index (χ4n) is 3.29. The third-order valence-electron chi connectivity index (χ3n) is 4.70. The first kappa shape index (κ1) is 18.5. The maximum absolute atomic E-state index is 12.3. The van der Waals surface area contributed by atoms with E-state index < -0.39 is 0 Å². The van der Waals surface area contributed by atoms with Gasteiger partial charge in [0.15, 0.2) is 0 Å². The van der Waals surface area contributed by atoms with E-state index in [9.17, 15) is 4.79 Å². The molecule has 3 aromatic rings. The van der Waals surface area contributed by atoms with Crippen molar-refractivity contribution in [2.45, 2.75) is 57.0 Å². The van der Waals surface area contributed by atoms with Crippen molar-refractivity contribution in [1.82, 2.24) is 15.3 Å². The third kappa shape index (κ3) is 4.04. The van der Waals surface area contributed by atoms with Crippen LogP contribution in [0.5, 0.6) is 0 Å². The molecule has 7 heteroatoms. The fourth-order valence-corrected chi connectivity index (χ4v) is 5.51. The summed E-state index contributed by atoms with van der Waals surface area (Å²) < 4.78 is 5.26. The second kappa shape index (κ2) is 8.02. The average Bonchev–Trinajstić information content (AvgIpc) is 3.31. The molecule has 142 valence electrons. The van der Waals surface area contributed by atoms with Crippen LogP contribution < -0.4 is 5.32 Å². The van der Waals surface area contributed by atoms with Crippen LogP contribution in [0.4, 0.5) is 0 Å². The van der Waals surface area contributed by atoms with Gasteiger partial charge in [-0.3, -0.25) is 4.79 Å². The summed E-state index contributed by atoms with van der Waals surface area (Å²) in [5.41, 5.74) is 1.41. The number of carbonyl (C=O) groups is 1. The third-order valence-corrected chi connectivity index (χ3v) is 6.86. The van der Waals surface area contributed by atoms with E-state index in [1.54, 1.807) is 6.26 Å². The number of amides is 1. The van der Waals surface area contributed by atoms with Crippen LogP contribution in [0.25, 0.3) is 10.2 Å². The fraction of sp³-hybridized carbons (Fsp3) is 0.450. The topological polar surface area (TPSA) is 68.0 Å². The Morgan fingerprint density at radius 1 is 1.33 bits per heavy atom. The minimum Gasteiger partial charge on any atom is -0.467 e. The van der Waals surface area contributed by atoms with Gasteiger partial charge in [-0.25, -0.2) is 9.97 Å². The molecule has 0 aliphatic heterocycles. The number of aromatic nitrogens is 2. The number of thiophene rings is 1. The van der Waals surface area contributed by atoms with Gasteiger partial charge in [0.1, 0.15) is 21.4 Å². The number of thioether (sulfide) groups is 1. The summed E-state index contributed by atoms with van der Waals surface area (Å²) in [6.45, 7) is 4.63. The molecule has 1 aliphatic carbocycles. The van der Waals surface area contributed by atoms with E-state index in [-0.39, 0.29) is 11.8 Å². The monoisotopic (exact) mass is 401 g/mol. The zero-order chi connectivity index (χ0) is 18.8. The number of carbonyl (C=O) groups excluding carboxylic acids is 1. The first-order valence-electron chi connectivity index (χ1n) is 9.36. The smallest absolute Gasteiger partial charge is 0.230 e. The van der Waals surface area contributed by atoms with Crippen LogP contribution >= 0.6 is 23.1 Å². The molecule has 0 saturated heterocycles. The van der Waals surface area contributed by atoms with E-state index in [4.69, 9.17) is 14.4 Å². The van der Waals surface area contributed by atoms with Crippen LogP contribution in [-0.4, -0.2) is 21.6 Å². The number of aryl methyl sites for hydroxylation is 2. The van der Waals surface area contributed by atoms with Crippen molar-refractivity contribution >= 4 is 39.2 Å². The van der Waals surface area contributed by atoms with Crippen LogP contribution in [0.2, 0.25) is 0 Å². The summed E-state index contributed by atoms with van der Waals surface area (Å²) >= 11 is 3.33. The average molecular weight is 402 g/mol. The number of nitrogens with zero attached hydrogens (tertiary/aromatic N) is 2. The molecule has 0 unspecified atom stereocenters. The summed E-state index contributed by atoms with van der Waals surface area (Å²) in [7, 11) is 0. The second-order valence-electron chi connectivity index (χ2n) is 7.08. The molecular formula is C20H23N3O2S2. The van der Waals surface area contributed by atoms with Gasteiger partial charge in [0.25, 0.3) is 0 Å². The highest BCUT2D eigenvalue weighted by Gasteiger charge is 2.22. The number of rotatable bonds is 6. The molecule has 0 bridgehead atoms. The molecular weight excluding hydrogens is 378 g/mol. The first-order valence-corrected chi connectivity index (χ1v) is 11.2. The highest BCUT2D eigenvalue weighted by molar-refractivity contribution is 8.00. The Hall–Kier alpha value is -1.86. The van der Waals surface area contributed by atoms with Crippen molar-refractivity contribution in [3.63, 3.8) is 0 Å². The second-order valence-corrected chi connectivity index (χ2v) is 9.13. The Morgan fingerprint density at radius 2 is 2.19 bits per heavy atom. The molecule has 0 radical (unpaired) electrons. The Bertz CT molecular complexity index is 948. The predicted molar refractivity (Wildman–Crippen MR) is 109 cm³/mol. The number of hydrogen-bond donors (Lipinski definition) is 1. The van der Waals surface area contributed by atoms with E-state index in [0.29, 0.717) is 12.3 Å². The Labute approximate surface area is 167 Å². The summed E-state index contributed by atoms with van der Waals surface area (Å²) in [5.74, 6) is 2.21. The normalized spacial score (nSPS) is 13.9. The van der Waals surface area contributed by atoms with Gasteiger partial charge in [0.05, 0.1) is 18.6 Å². The van der Waals surface area contributed by atoms with Crippen molar-refractivity contribution in [1.29, 1.82) is 0 Å². The van der Waals surface area contributed by atoms with Crippen molar-refractivity contribution in [2.75, 3.05) is 5.75 Å². The molecule has 0 saturated carbocycles. The van der Waals surface area contributed by atoms with Gasteiger partial charge in [-0.15, -0.1) is 11.3 Å². The van der Waals surface area contributed by atoms with Gasteiger partial charge in [0.2, 0.25) is 5.91 Å². The largest absolute Gasteiger partial charge is 0.467 e. The van der Waals surface area contributed by atoms with E-state index in [0.717, 1.165) is 34.3 Å². The van der Waals surface area contributed by atoms with Crippen molar-refractivity contribution in [3.8, 4) is 0 Å². The lowest BCUT2D eigenvalue weighted by Gasteiger charge is -2.12. The van der Waals surface area contributed by atoms with Crippen LogP contribution in [0, 0.1) is 0 Å². The molecule has 3 aromatic heterocycles. The Kier molecular flexibility index (Phi) is 5.50. The number of hydrogen-bond acceptors (Lipinski definition) is 6. The lowest BCUT2D eigenvalue weighted by molar-refractivity contribution is -0.118. The molecule has 4 rings (SSSR count). The van der Waals surface area contributed by atoms with Gasteiger partial charge in [-0.05, 0) is 43.4 Å². The molecule has 1 amide bonds. The molecule has 27 heavy (non-hydrogen) atoms. The maximum Gasteiger partial charge on any atom is 0.230 e. The van der Waals surface area contributed by atoms with Crippen LogP contribution in [0.15, 0.2) is 27.8 Å². The van der Waals surface area contributed by atoms with Crippen molar-refractivity contribution in [2.24, 2.45) is 0 Å². The molecule has 1 aliphatic rings. The molecule has 0 spiro atoms. The zero-order valence-electron chi connectivity index (χ0n) is 15.6. The summed E-state index contributed by atoms with van der Waals surface area (Å²) in [5, 5.41) is 5.04. The lowest BCUT2D eigenvalue weighted by Crippen LogP contribution is -2.24. The van der Waals surface area contributed by atoms with Crippen LogP contribution in [0.3, 0.4) is 0 Å². The van der Waals surface area contributed by atoms with Crippen LogP contribution in [-0.2, 0) is 24.2 Å². The molecule has 1 N–H and O–H groups in total. The van der Waals surface area contributed by atoms with E-state index in [2.05, 4.69) is 19.2 Å². The predicted octanol–water partition coefficient (Wildman–Crippen LogP) is 4.70.